The van der Waals surface area contributed by atoms with Crippen LogP contribution in [0.1, 0.15) is 43.5 Å². The molecule has 7 nitrogen and oxygen atoms in total. The van der Waals surface area contributed by atoms with E-state index in [1.165, 1.54) is 0 Å². The van der Waals surface area contributed by atoms with Gasteiger partial charge in [-0.05, 0) is 43.5 Å². The zero-order valence-electron chi connectivity index (χ0n) is 17.7. The van der Waals surface area contributed by atoms with Crippen molar-refractivity contribution in [1.82, 2.24) is 15.1 Å². The monoisotopic (exact) mass is 450 g/mol. The molecule has 0 bridgehead atoms. The van der Waals surface area contributed by atoms with Crippen LogP contribution in [0.2, 0.25) is 5.02 Å². The summed E-state index contributed by atoms with van der Waals surface area (Å²) in [4.78, 5) is 12.3. The number of hydrogen-bond donors (Lipinski definition) is 1. The van der Waals surface area contributed by atoms with Crippen LogP contribution in [0.15, 0.2) is 48.5 Å². The highest BCUT2D eigenvalue weighted by Crippen LogP contribution is 2.41. The van der Waals surface area contributed by atoms with E-state index in [0.29, 0.717) is 53.0 Å². The van der Waals surface area contributed by atoms with Crippen LogP contribution in [0.5, 0.6) is 5.75 Å². The second-order valence-electron chi connectivity index (χ2n) is 7.44. The molecule has 0 fully saturated rings. The third kappa shape index (κ3) is 4.41. The lowest BCUT2D eigenvalue weighted by Gasteiger charge is -2.15. The second-order valence-corrected chi connectivity index (χ2v) is 7.85. The summed E-state index contributed by atoms with van der Waals surface area (Å²) in [5.41, 5.74) is 3.41. The fourth-order valence-electron chi connectivity index (χ4n) is 3.66. The number of halogens is 1. The lowest BCUT2D eigenvalue weighted by Crippen LogP contribution is -2.29. The van der Waals surface area contributed by atoms with Crippen molar-refractivity contribution >= 4 is 17.7 Å². The van der Waals surface area contributed by atoms with Gasteiger partial charge in [0.05, 0.1) is 41.6 Å². The number of carbonyl (C=O) groups is 1. The van der Waals surface area contributed by atoms with E-state index in [1.54, 1.807) is 22.9 Å². The molecule has 1 N–H and O–H groups in total. The zero-order chi connectivity index (χ0) is 22.5. The molecule has 2 aromatic carbocycles. The van der Waals surface area contributed by atoms with E-state index in [0.717, 1.165) is 18.4 Å². The molecule has 0 radical (unpaired) electrons. The van der Waals surface area contributed by atoms with Crippen molar-refractivity contribution in [2.45, 2.75) is 32.2 Å². The summed E-state index contributed by atoms with van der Waals surface area (Å²) in [5.74, 6) is 0.591. The average Bonchev–Trinajstić information content (AvgIpc) is 3.08. The molecule has 0 saturated carbocycles. The maximum Gasteiger partial charge on any atom is 0.407 e. The molecule has 1 unspecified atom stereocenters. The number of ether oxygens (including phenoxy) is 2. The van der Waals surface area contributed by atoms with Gasteiger partial charge in [0.1, 0.15) is 11.4 Å². The Morgan fingerprint density at radius 2 is 2.09 bits per heavy atom. The van der Waals surface area contributed by atoms with Crippen molar-refractivity contribution < 1.29 is 14.3 Å². The Morgan fingerprint density at radius 3 is 2.81 bits per heavy atom. The molecular formula is C24H23ClN4O3. The number of nitrogens with zero attached hydrogens (tertiary/aromatic N) is 3. The quantitative estimate of drug-likeness (QED) is 0.561. The topological polar surface area (TPSA) is 89.2 Å². The minimum Gasteiger partial charge on any atom is -0.489 e. The Kier molecular flexibility index (Phi) is 6.62. The summed E-state index contributed by atoms with van der Waals surface area (Å²) in [6.45, 7) is 2.79. The molecule has 32 heavy (non-hydrogen) atoms. The molecule has 8 heteroatoms. The van der Waals surface area contributed by atoms with Crippen LogP contribution in [0.4, 0.5) is 4.79 Å². The number of amides is 1. The number of nitrogens with one attached hydrogen (secondary N) is 1. The van der Waals surface area contributed by atoms with E-state index < -0.39 is 6.09 Å². The van der Waals surface area contributed by atoms with Gasteiger partial charge in [0, 0.05) is 5.56 Å². The number of rotatable bonds is 5. The van der Waals surface area contributed by atoms with Gasteiger partial charge < -0.3 is 14.8 Å². The fourth-order valence-corrected chi connectivity index (χ4v) is 3.88. The third-order valence-corrected chi connectivity index (χ3v) is 5.50. The van der Waals surface area contributed by atoms with Crippen molar-refractivity contribution in [3.8, 4) is 28.8 Å². The average molecular weight is 451 g/mol. The van der Waals surface area contributed by atoms with Gasteiger partial charge in [0.2, 0.25) is 0 Å². The van der Waals surface area contributed by atoms with E-state index in [4.69, 9.17) is 26.2 Å². The van der Waals surface area contributed by atoms with Gasteiger partial charge in [-0.2, -0.15) is 10.4 Å². The predicted molar refractivity (Wildman–Crippen MR) is 121 cm³/mol. The normalized spacial score (nSPS) is 15.1. The largest absolute Gasteiger partial charge is 0.489 e. The molecule has 4 rings (SSSR count). The van der Waals surface area contributed by atoms with Crippen LogP contribution in [-0.2, 0) is 4.74 Å². The highest BCUT2D eigenvalue weighted by molar-refractivity contribution is 6.32. The van der Waals surface area contributed by atoms with Crippen LogP contribution in [0.3, 0.4) is 0 Å². The molecule has 2 heterocycles. The molecule has 3 aromatic rings. The highest BCUT2D eigenvalue weighted by Gasteiger charge is 2.31. The summed E-state index contributed by atoms with van der Waals surface area (Å²) < 4.78 is 13.1. The predicted octanol–water partition coefficient (Wildman–Crippen LogP) is 5.41. The van der Waals surface area contributed by atoms with Gasteiger partial charge in [-0.1, -0.05) is 42.8 Å². The van der Waals surface area contributed by atoms with Crippen molar-refractivity contribution in [2.24, 2.45) is 0 Å². The highest BCUT2D eigenvalue weighted by atomic mass is 35.5. The van der Waals surface area contributed by atoms with Crippen molar-refractivity contribution in [2.75, 3.05) is 13.2 Å². The summed E-state index contributed by atoms with van der Waals surface area (Å²) in [6, 6.07) is 16.4. The maximum absolute atomic E-state index is 12.3. The molecule has 0 aliphatic carbocycles. The number of alkyl carbamates (subject to hydrolysis) is 1. The smallest absolute Gasteiger partial charge is 0.407 e. The van der Waals surface area contributed by atoms with Crippen LogP contribution in [0.25, 0.3) is 16.9 Å². The number of aromatic nitrogens is 2. The molecule has 1 amide bonds. The Bertz CT molecular complexity index is 1150. The van der Waals surface area contributed by atoms with E-state index in [1.807, 2.05) is 37.3 Å². The number of carbonyl (C=O) groups excluding carboxylic acids is 1. The molecular weight excluding hydrogens is 428 g/mol. The molecule has 1 aromatic heterocycles. The second kappa shape index (κ2) is 9.75. The van der Waals surface area contributed by atoms with Gasteiger partial charge in [0.25, 0.3) is 0 Å². The first kappa shape index (κ1) is 21.7. The minimum absolute atomic E-state index is 0.354. The zero-order valence-corrected chi connectivity index (χ0v) is 18.4. The summed E-state index contributed by atoms with van der Waals surface area (Å²) in [6.07, 6.45) is 1.70. The number of benzene rings is 2. The molecule has 164 valence electrons. The number of fused-ring (bicyclic) bond motifs is 1. The van der Waals surface area contributed by atoms with Crippen LogP contribution < -0.4 is 10.1 Å². The molecule has 1 aliphatic rings. The van der Waals surface area contributed by atoms with Crippen LogP contribution in [-0.4, -0.2) is 29.1 Å². The lowest BCUT2D eigenvalue weighted by atomic mass is 10.0. The molecule has 1 atom stereocenters. The SMILES string of the molecule is CCCOC(=O)NC1CCCOc2c1nn(-c1ccccc1Cl)c2-c1ccc(C#N)cc1. The van der Waals surface area contributed by atoms with Gasteiger partial charge in [-0.15, -0.1) is 0 Å². The first-order valence-corrected chi connectivity index (χ1v) is 10.9. The van der Waals surface area contributed by atoms with Gasteiger partial charge in [0.15, 0.2) is 5.75 Å². The van der Waals surface area contributed by atoms with Crippen LogP contribution >= 0.6 is 11.6 Å². The van der Waals surface area contributed by atoms with Gasteiger partial charge in [-0.25, -0.2) is 9.48 Å². The Labute approximate surface area is 191 Å². The number of nitriles is 1. The number of hydrogen-bond acceptors (Lipinski definition) is 5. The van der Waals surface area contributed by atoms with Crippen molar-refractivity contribution in [3.63, 3.8) is 0 Å². The maximum atomic E-state index is 12.3. The first-order chi connectivity index (χ1) is 15.6. The van der Waals surface area contributed by atoms with E-state index in [2.05, 4.69) is 11.4 Å². The van der Waals surface area contributed by atoms with E-state index in [-0.39, 0.29) is 6.04 Å². The molecule has 0 spiro atoms. The van der Waals surface area contributed by atoms with Gasteiger partial charge in [-0.3, -0.25) is 0 Å². The number of para-hydroxylation sites is 1. The van der Waals surface area contributed by atoms with Gasteiger partial charge >= 0.3 is 6.09 Å². The van der Waals surface area contributed by atoms with Crippen molar-refractivity contribution in [3.05, 3.63) is 64.8 Å². The first-order valence-electron chi connectivity index (χ1n) is 10.6. The Hall–Kier alpha value is -3.50. The standard InChI is InChI=1S/C24H23ClN4O3/c1-2-13-32-24(30)27-19-7-5-14-31-23-21(19)28-29(20-8-4-3-6-18(20)25)22(23)17-11-9-16(15-26)10-12-17/h3-4,6,8-12,19H,2,5,7,13-14H2,1H3,(H,27,30). The summed E-state index contributed by atoms with van der Waals surface area (Å²) in [7, 11) is 0. The van der Waals surface area contributed by atoms with E-state index in [9.17, 15) is 10.1 Å². The van der Waals surface area contributed by atoms with Crippen LogP contribution in [0, 0.1) is 11.3 Å². The molecule has 1 aliphatic heterocycles. The van der Waals surface area contributed by atoms with E-state index >= 15 is 0 Å². The minimum atomic E-state index is -0.475. The molecule has 0 saturated heterocycles. The lowest BCUT2D eigenvalue weighted by molar-refractivity contribution is 0.141. The Morgan fingerprint density at radius 1 is 1.31 bits per heavy atom. The fraction of sp³-hybridized carbons (Fsp3) is 0.292. The summed E-state index contributed by atoms with van der Waals surface area (Å²) >= 11 is 6.51. The van der Waals surface area contributed by atoms with Crippen molar-refractivity contribution in [1.29, 1.82) is 5.26 Å². The third-order valence-electron chi connectivity index (χ3n) is 5.18. The summed E-state index contributed by atoms with van der Waals surface area (Å²) in [5, 5.41) is 17.5. The Balaban J connectivity index is 1.85.